The summed E-state index contributed by atoms with van der Waals surface area (Å²) in [7, 11) is 1.84. The summed E-state index contributed by atoms with van der Waals surface area (Å²) in [5, 5.41) is 8.33. The van der Waals surface area contributed by atoms with E-state index in [9.17, 15) is 4.79 Å². The van der Waals surface area contributed by atoms with E-state index >= 15 is 0 Å². The number of hydrogen-bond acceptors (Lipinski definition) is 4. The summed E-state index contributed by atoms with van der Waals surface area (Å²) < 4.78 is 2.64. The third-order valence-electron chi connectivity index (χ3n) is 4.46. The van der Waals surface area contributed by atoms with Crippen LogP contribution in [0.15, 0.2) is 41.0 Å². The molecule has 138 valence electrons. The number of fused-ring (bicyclic) bond motifs is 1. The molecule has 1 aromatic carbocycles. The van der Waals surface area contributed by atoms with E-state index < -0.39 is 0 Å². The molecule has 0 spiro atoms. The van der Waals surface area contributed by atoms with Gasteiger partial charge in [0.15, 0.2) is 0 Å². The van der Waals surface area contributed by atoms with Crippen molar-refractivity contribution < 1.29 is 4.79 Å². The zero-order valence-corrected chi connectivity index (χ0v) is 17.8. The van der Waals surface area contributed by atoms with Gasteiger partial charge in [0.1, 0.15) is 11.5 Å². The van der Waals surface area contributed by atoms with Gasteiger partial charge in [0.05, 0.1) is 16.7 Å². The van der Waals surface area contributed by atoms with Crippen molar-refractivity contribution in [3.05, 3.63) is 62.7 Å². The molecule has 4 rings (SSSR count). The van der Waals surface area contributed by atoms with Crippen LogP contribution >= 0.6 is 39.3 Å². The first-order chi connectivity index (χ1) is 12.9. The number of pyridine rings is 1. The van der Waals surface area contributed by atoms with Crippen LogP contribution in [0, 0.1) is 6.92 Å². The van der Waals surface area contributed by atoms with Crippen molar-refractivity contribution in [3.8, 4) is 11.4 Å². The van der Waals surface area contributed by atoms with Crippen molar-refractivity contribution in [1.29, 1.82) is 0 Å². The number of nitrogens with one attached hydrogen (secondary N) is 1. The number of carbonyl (C=O) groups excluding carboxylic acids is 1. The Bertz CT molecular complexity index is 1050. The Morgan fingerprint density at radius 2 is 2.15 bits per heavy atom. The van der Waals surface area contributed by atoms with E-state index in [4.69, 9.17) is 11.6 Å². The van der Waals surface area contributed by atoms with Crippen molar-refractivity contribution in [2.45, 2.75) is 12.2 Å². The number of aryl methyl sites for hydroxylation is 2. The molecule has 8 heteroatoms. The van der Waals surface area contributed by atoms with Gasteiger partial charge in [0, 0.05) is 28.3 Å². The van der Waals surface area contributed by atoms with Gasteiger partial charge in [-0.1, -0.05) is 33.6 Å². The van der Waals surface area contributed by atoms with Gasteiger partial charge in [-0.2, -0.15) is 5.10 Å². The second kappa shape index (κ2) is 7.30. The number of thioether (sulfide) groups is 1. The second-order valence-corrected chi connectivity index (χ2v) is 8.78. The number of nitrogens with zero attached hydrogens (tertiary/aromatic N) is 3. The van der Waals surface area contributed by atoms with Gasteiger partial charge in [0.25, 0.3) is 0 Å². The quantitative estimate of drug-likeness (QED) is 0.582. The molecule has 5 nitrogen and oxygen atoms in total. The molecule has 0 saturated carbocycles. The lowest BCUT2D eigenvalue weighted by Crippen LogP contribution is -2.15. The highest BCUT2D eigenvalue weighted by molar-refractivity contribution is 9.10. The van der Waals surface area contributed by atoms with Crippen molar-refractivity contribution in [3.63, 3.8) is 0 Å². The van der Waals surface area contributed by atoms with E-state index in [1.54, 1.807) is 22.6 Å². The molecule has 0 bridgehead atoms. The largest absolute Gasteiger partial charge is 0.310 e. The van der Waals surface area contributed by atoms with Gasteiger partial charge < -0.3 is 5.32 Å². The van der Waals surface area contributed by atoms with Gasteiger partial charge in [-0.05, 0) is 42.3 Å². The van der Waals surface area contributed by atoms with Crippen LogP contribution in [-0.2, 0) is 11.8 Å². The van der Waals surface area contributed by atoms with E-state index in [0.29, 0.717) is 16.6 Å². The Morgan fingerprint density at radius 3 is 2.89 bits per heavy atom. The van der Waals surface area contributed by atoms with Gasteiger partial charge >= 0.3 is 0 Å². The smallest absolute Gasteiger partial charge is 0.235 e. The molecule has 0 saturated heterocycles. The Morgan fingerprint density at radius 1 is 1.33 bits per heavy atom. The summed E-state index contributed by atoms with van der Waals surface area (Å²) in [6, 6.07) is 9.68. The van der Waals surface area contributed by atoms with Crippen molar-refractivity contribution >= 4 is 51.0 Å². The zero-order valence-electron chi connectivity index (χ0n) is 14.7. The van der Waals surface area contributed by atoms with E-state index in [2.05, 4.69) is 31.3 Å². The molecule has 1 aliphatic rings. The molecule has 0 aliphatic carbocycles. The lowest BCUT2D eigenvalue weighted by Gasteiger charge is -2.18. The van der Waals surface area contributed by atoms with Crippen LogP contribution in [0.4, 0.5) is 5.82 Å². The van der Waals surface area contributed by atoms with Crippen LogP contribution in [0.5, 0.6) is 0 Å². The fraction of sp³-hybridized carbons (Fsp3) is 0.211. The number of rotatable bonds is 2. The molecule has 1 atom stereocenters. The Kier molecular flexibility index (Phi) is 5.01. The van der Waals surface area contributed by atoms with E-state index in [0.717, 1.165) is 32.6 Å². The molecule has 1 aliphatic heterocycles. The maximum absolute atomic E-state index is 12.3. The predicted molar refractivity (Wildman–Crippen MR) is 113 cm³/mol. The van der Waals surface area contributed by atoms with E-state index in [-0.39, 0.29) is 11.2 Å². The topological polar surface area (TPSA) is 59.8 Å². The molecule has 1 amide bonds. The molecule has 1 unspecified atom stereocenters. The highest BCUT2D eigenvalue weighted by Crippen LogP contribution is 2.46. The maximum Gasteiger partial charge on any atom is 0.235 e. The monoisotopic (exact) mass is 462 g/mol. The minimum Gasteiger partial charge on any atom is -0.310 e. The third-order valence-corrected chi connectivity index (χ3v) is 6.44. The summed E-state index contributed by atoms with van der Waals surface area (Å²) in [4.78, 5) is 16.8. The van der Waals surface area contributed by atoms with Gasteiger partial charge in [-0.25, -0.2) is 0 Å². The first-order valence-corrected chi connectivity index (χ1v) is 10.5. The molecular weight excluding hydrogens is 448 g/mol. The van der Waals surface area contributed by atoms with Crippen LogP contribution in [0.2, 0.25) is 5.02 Å². The average molecular weight is 464 g/mol. The summed E-state index contributed by atoms with van der Waals surface area (Å²) in [5.74, 6) is 1.04. The molecule has 3 aromatic rings. The summed E-state index contributed by atoms with van der Waals surface area (Å²) in [6.45, 7) is 2.04. The van der Waals surface area contributed by atoms with Crippen LogP contribution in [-0.4, -0.2) is 26.4 Å². The van der Waals surface area contributed by atoms with Gasteiger partial charge in [-0.3, -0.25) is 14.5 Å². The highest BCUT2D eigenvalue weighted by atomic mass is 79.9. The number of carbonyl (C=O) groups is 1. The molecule has 3 heterocycles. The number of hydrogen-bond donors (Lipinski definition) is 1. The lowest BCUT2D eigenvalue weighted by molar-refractivity contribution is -0.113. The van der Waals surface area contributed by atoms with E-state index in [1.165, 1.54) is 0 Å². The first-order valence-electron chi connectivity index (χ1n) is 8.30. The number of benzene rings is 1. The normalized spacial score (nSPS) is 16.6. The Balaban J connectivity index is 1.96. The SMILES string of the molecule is Cc1cc(Cl)ccc1C1SCC(=O)Nc2c1c(-c1cc(Br)ccn1)nn2C. The summed E-state index contributed by atoms with van der Waals surface area (Å²) in [6.07, 6.45) is 1.74. The minimum absolute atomic E-state index is 0.0351. The molecule has 2 aromatic heterocycles. The van der Waals surface area contributed by atoms with Crippen LogP contribution in [0.3, 0.4) is 0 Å². The minimum atomic E-state index is -0.0549. The van der Waals surface area contributed by atoms with Crippen molar-refractivity contribution in [2.75, 3.05) is 11.1 Å². The molecule has 1 N–H and O–H groups in total. The second-order valence-electron chi connectivity index (χ2n) is 6.33. The zero-order chi connectivity index (χ0) is 19.1. The number of halogens is 2. The van der Waals surface area contributed by atoms with Crippen LogP contribution in [0.25, 0.3) is 11.4 Å². The fourth-order valence-electron chi connectivity index (χ4n) is 3.25. The van der Waals surface area contributed by atoms with Gasteiger partial charge in [-0.15, -0.1) is 11.8 Å². The maximum atomic E-state index is 12.3. The molecule has 0 radical (unpaired) electrons. The molecule has 27 heavy (non-hydrogen) atoms. The standard InChI is InChI=1S/C19H16BrClN4OS/c1-10-7-12(21)3-4-13(10)18-16-17(14-8-11(20)5-6-22-14)24-25(2)19(16)23-15(26)9-27-18/h3-8,18H,9H2,1-2H3,(H,23,26). The van der Waals surface area contributed by atoms with Crippen LogP contribution < -0.4 is 5.32 Å². The van der Waals surface area contributed by atoms with Crippen LogP contribution in [0.1, 0.15) is 21.9 Å². The number of anilines is 1. The van der Waals surface area contributed by atoms with Crippen molar-refractivity contribution in [1.82, 2.24) is 14.8 Å². The van der Waals surface area contributed by atoms with Gasteiger partial charge in [0.2, 0.25) is 5.91 Å². The first kappa shape index (κ1) is 18.5. The number of aromatic nitrogens is 3. The fourth-order valence-corrected chi connectivity index (χ4v) is 5.04. The summed E-state index contributed by atoms with van der Waals surface area (Å²) >= 11 is 11.2. The lowest BCUT2D eigenvalue weighted by atomic mass is 9.98. The Hall–Kier alpha value is -1.83. The third kappa shape index (κ3) is 3.51. The summed E-state index contributed by atoms with van der Waals surface area (Å²) in [5.41, 5.74) is 4.69. The van der Waals surface area contributed by atoms with E-state index in [1.807, 2.05) is 44.3 Å². The average Bonchev–Trinajstić information content (AvgIpc) is 2.82. The molecule has 0 fully saturated rings. The van der Waals surface area contributed by atoms with Crippen molar-refractivity contribution in [2.24, 2.45) is 7.05 Å². The predicted octanol–water partition coefficient (Wildman–Crippen LogP) is 4.98. The molecular formula is C19H16BrClN4OS. The highest BCUT2D eigenvalue weighted by Gasteiger charge is 2.32. The number of amides is 1. The Labute approximate surface area is 174 Å².